The molecule has 0 aliphatic rings. The minimum Gasteiger partial charge on any atom is -0.506 e. The molecule has 0 radical (unpaired) electrons. The summed E-state index contributed by atoms with van der Waals surface area (Å²) in [4.78, 5) is -0.158. The van der Waals surface area contributed by atoms with Gasteiger partial charge in [-0.05, 0) is 59.7 Å². The molecule has 0 aromatic heterocycles. The van der Waals surface area contributed by atoms with Crippen molar-refractivity contribution in [3.63, 3.8) is 0 Å². The van der Waals surface area contributed by atoms with Crippen molar-refractivity contribution in [2.75, 3.05) is 0 Å². The molecule has 0 aliphatic heterocycles. The average Bonchev–Trinajstić information content (AvgIpc) is 2.54. The Morgan fingerprint density at radius 1 is 0.875 bits per heavy atom. The number of benzene rings is 3. The van der Waals surface area contributed by atoms with E-state index < -0.39 is 10.1 Å². The highest BCUT2D eigenvalue weighted by Gasteiger charge is 2.09. The van der Waals surface area contributed by atoms with Crippen LogP contribution in [0.4, 0.5) is 11.4 Å². The van der Waals surface area contributed by atoms with Gasteiger partial charge in [0.1, 0.15) is 11.4 Å². The molecule has 122 valence electrons. The van der Waals surface area contributed by atoms with Gasteiger partial charge in [0.25, 0.3) is 10.1 Å². The Bertz CT molecular complexity index is 1060. The molecule has 0 fully saturated rings. The zero-order valence-electron chi connectivity index (χ0n) is 12.7. The molecule has 0 atom stereocenters. The van der Waals surface area contributed by atoms with Crippen LogP contribution in [0.3, 0.4) is 0 Å². The Kier molecular flexibility index (Phi) is 4.04. The second-order valence-corrected chi connectivity index (χ2v) is 6.78. The summed E-state index contributed by atoms with van der Waals surface area (Å²) in [6.07, 6.45) is 0. The molecule has 0 saturated heterocycles. The largest absolute Gasteiger partial charge is 0.506 e. The van der Waals surface area contributed by atoms with Crippen molar-refractivity contribution in [1.29, 1.82) is 0 Å². The molecule has 3 rings (SSSR count). The van der Waals surface area contributed by atoms with Gasteiger partial charge >= 0.3 is 0 Å². The molecule has 2 N–H and O–H groups in total. The fourth-order valence-electron chi connectivity index (χ4n) is 2.26. The van der Waals surface area contributed by atoms with Crippen LogP contribution in [0.25, 0.3) is 10.8 Å². The van der Waals surface area contributed by atoms with Gasteiger partial charge in [-0.25, -0.2) is 0 Å². The molecule has 0 amide bonds. The van der Waals surface area contributed by atoms with Crippen molar-refractivity contribution >= 4 is 32.3 Å². The van der Waals surface area contributed by atoms with E-state index in [0.717, 1.165) is 10.9 Å². The first-order valence-electron chi connectivity index (χ1n) is 7.05. The van der Waals surface area contributed by atoms with Gasteiger partial charge in [-0.1, -0.05) is 18.2 Å². The number of hydrogen-bond acceptors (Lipinski definition) is 5. The maximum absolute atomic E-state index is 11.2. The number of aromatic hydroxyl groups is 1. The van der Waals surface area contributed by atoms with E-state index in [2.05, 4.69) is 10.2 Å². The van der Waals surface area contributed by atoms with Crippen LogP contribution in [0.15, 0.2) is 69.7 Å². The predicted molar refractivity (Wildman–Crippen MR) is 90.8 cm³/mol. The predicted octanol–water partition coefficient (Wildman–Crippen LogP) is 4.52. The van der Waals surface area contributed by atoms with Crippen LogP contribution < -0.4 is 0 Å². The monoisotopic (exact) mass is 342 g/mol. The molecule has 7 heteroatoms. The fourth-order valence-corrected chi connectivity index (χ4v) is 2.77. The van der Waals surface area contributed by atoms with E-state index in [-0.39, 0.29) is 10.6 Å². The third kappa shape index (κ3) is 3.42. The van der Waals surface area contributed by atoms with Gasteiger partial charge in [-0.2, -0.15) is 13.5 Å². The minimum absolute atomic E-state index is 0.0444. The molecule has 6 nitrogen and oxygen atoms in total. The van der Waals surface area contributed by atoms with Crippen molar-refractivity contribution in [1.82, 2.24) is 0 Å². The van der Waals surface area contributed by atoms with E-state index in [1.807, 2.05) is 6.92 Å². The quantitative estimate of drug-likeness (QED) is 0.540. The molecule has 0 unspecified atom stereocenters. The van der Waals surface area contributed by atoms with Gasteiger partial charge in [-0.3, -0.25) is 4.55 Å². The molecule has 3 aromatic carbocycles. The lowest BCUT2D eigenvalue weighted by Gasteiger charge is -2.02. The number of azo groups is 1. The molecular formula is C17H14N2O4S. The van der Waals surface area contributed by atoms with Crippen LogP contribution in [0.5, 0.6) is 5.75 Å². The first-order chi connectivity index (χ1) is 11.3. The van der Waals surface area contributed by atoms with E-state index in [4.69, 9.17) is 4.55 Å². The van der Waals surface area contributed by atoms with E-state index in [9.17, 15) is 13.5 Å². The molecule has 0 aliphatic carbocycles. The first kappa shape index (κ1) is 16.1. The topological polar surface area (TPSA) is 99.3 Å². The number of aryl methyl sites for hydroxylation is 1. The van der Waals surface area contributed by atoms with Gasteiger partial charge in [0.05, 0.1) is 10.6 Å². The van der Waals surface area contributed by atoms with Crippen molar-refractivity contribution in [2.45, 2.75) is 11.8 Å². The minimum atomic E-state index is -4.23. The maximum Gasteiger partial charge on any atom is 0.294 e. The number of phenols is 1. The number of fused-ring (bicyclic) bond motifs is 1. The Hall–Kier alpha value is -2.77. The Labute approximate surface area is 138 Å². The summed E-state index contributed by atoms with van der Waals surface area (Å²) in [5, 5.41) is 19.3. The molecule has 0 bridgehead atoms. The van der Waals surface area contributed by atoms with Crippen LogP contribution in [-0.4, -0.2) is 18.1 Å². The first-order valence-corrected chi connectivity index (χ1v) is 8.50. The highest BCUT2D eigenvalue weighted by Crippen LogP contribution is 2.30. The standard InChI is InChI=1S/C17H14N2O4S/c1-11-2-7-17(20)16(8-11)19-18-14-5-3-13-10-15(24(21,22)23)6-4-12(13)9-14/h2-10,20H,1H3,(H,21,22,23). The summed E-state index contributed by atoms with van der Waals surface area (Å²) in [5.41, 5.74) is 1.89. The smallest absolute Gasteiger partial charge is 0.294 e. The molecule has 0 saturated carbocycles. The number of nitrogens with zero attached hydrogens (tertiary/aromatic N) is 2. The third-order valence-electron chi connectivity index (χ3n) is 3.50. The van der Waals surface area contributed by atoms with Crippen LogP contribution in [0.1, 0.15) is 5.56 Å². The van der Waals surface area contributed by atoms with E-state index >= 15 is 0 Å². The van der Waals surface area contributed by atoms with Crippen molar-refractivity contribution in [2.24, 2.45) is 10.2 Å². The van der Waals surface area contributed by atoms with Crippen LogP contribution in [0, 0.1) is 6.92 Å². The van der Waals surface area contributed by atoms with Crippen molar-refractivity contribution < 1.29 is 18.1 Å². The van der Waals surface area contributed by atoms with E-state index in [1.54, 1.807) is 42.5 Å². The van der Waals surface area contributed by atoms with Gasteiger partial charge in [0.15, 0.2) is 0 Å². The van der Waals surface area contributed by atoms with Gasteiger partial charge in [-0.15, -0.1) is 5.11 Å². The van der Waals surface area contributed by atoms with Crippen LogP contribution in [0.2, 0.25) is 0 Å². The van der Waals surface area contributed by atoms with Gasteiger partial charge in [0.2, 0.25) is 0 Å². The van der Waals surface area contributed by atoms with Gasteiger partial charge < -0.3 is 5.11 Å². The number of rotatable bonds is 3. The fraction of sp³-hybridized carbons (Fsp3) is 0.0588. The number of hydrogen-bond donors (Lipinski definition) is 2. The summed E-state index contributed by atoms with van der Waals surface area (Å²) < 4.78 is 31.4. The summed E-state index contributed by atoms with van der Waals surface area (Å²) in [6, 6.07) is 14.4. The van der Waals surface area contributed by atoms with Crippen molar-refractivity contribution in [3.8, 4) is 5.75 Å². The second kappa shape index (κ2) is 6.03. The normalized spacial score (nSPS) is 12.1. The van der Waals surface area contributed by atoms with Crippen molar-refractivity contribution in [3.05, 3.63) is 60.2 Å². The third-order valence-corrected chi connectivity index (χ3v) is 4.35. The Morgan fingerprint density at radius 2 is 1.58 bits per heavy atom. The summed E-state index contributed by atoms with van der Waals surface area (Å²) in [7, 11) is -4.23. The maximum atomic E-state index is 11.2. The summed E-state index contributed by atoms with van der Waals surface area (Å²) in [6.45, 7) is 1.89. The average molecular weight is 342 g/mol. The Morgan fingerprint density at radius 3 is 2.33 bits per heavy atom. The highest BCUT2D eigenvalue weighted by molar-refractivity contribution is 7.85. The zero-order valence-corrected chi connectivity index (χ0v) is 13.5. The van der Waals surface area contributed by atoms with E-state index in [1.165, 1.54) is 12.1 Å². The van der Waals surface area contributed by atoms with Gasteiger partial charge in [0, 0.05) is 0 Å². The summed E-state index contributed by atoms with van der Waals surface area (Å²) in [5.74, 6) is 0.0444. The summed E-state index contributed by atoms with van der Waals surface area (Å²) >= 11 is 0. The zero-order chi connectivity index (χ0) is 17.3. The van der Waals surface area contributed by atoms with E-state index in [0.29, 0.717) is 16.8 Å². The molecule has 0 spiro atoms. The molecule has 24 heavy (non-hydrogen) atoms. The highest BCUT2D eigenvalue weighted by atomic mass is 32.2. The second-order valence-electron chi connectivity index (χ2n) is 5.36. The molecular weight excluding hydrogens is 328 g/mol. The lowest BCUT2D eigenvalue weighted by Crippen LogP contribution is -1.97. The number of phenolic OH excluding ortho intramolecular Hbond substituents is 1. The SMILES string of the molecule is Cc1ccc(O)c(N=Nc2ccc3cc(S(=O)(=O)O)ccc3c2)c1. The van der Waals surface area contributed by atoms with Crippen LogP contribution >= 0.6 is 0 Å². The lowest BCUT2D eigenvalue weighted by atomic mass is 10.1. The lowest BCUT2D eigenvalue weighted by molar-refractivity contribution is 0.476. The molecule has 3 aromatic rings. The molecule has 0 heterocycles. The van der Waals surface area contributed by atoms with Crippen LogP contribution in [-0.2, 0) is 10.1 Å². The Balaban J connectivity index is 1.96.